The fraction of sp³-hybridized carbons (Fsp3) is 0.417. The van der Waals surface area contributed by atoms with Crippen molar-refractivity contribution in [2.24, 2.45) is 0 Å². The first kappa shape index (κ1) is 21.6. The minimum absolute atomic E-state index is 0.788. The van der Waals surface area contributed by atoms with Crippen LogP contribution in [-0.2, 0) is 6.42 Å². The molecule has 30 heavy (non-hydrogen) atoms. The number of likely N-dealkylation sites (tertiary alicyclic amines) is 1. The topological polar surface area (TPSA) is 40.3 Å². The predicted molar refractivity (Wildman–Crippen MR) is 128 cm³/mol. The number of halogens is 1. The number of hydrogen-bond donors (Lipinski definition) is 2. The van der Waals surface area contributed by atoms with Crippen LogP contribution in [-0.4, -0.2) is 42.7 Å². The number of H-pyrrole nitrogens is 1. The van der Waals surface area contributed by atoms with E-state index in [9.17, 15) is 0 Å². The zero-order chi connectivity index (χ0) is 20.6. The Labute approximate surface area is 188 Å². The van der Waals surface area contributed by atoms with Crippen LogP contribution in [0.4, 0.5) is 0 Å². The van der Waals surface area contributed by atoms with E-state index in [0.717, 1.165) is 55.2 Å². The molecule has 0 radical (unpaired) electrons. The third-order valence-corrected chi connectivity index (χ3v) is 6.65. The molecule has 160 valence electrons. The molecule has 0 aliphatic carbocycles. The van der Waals surface area contributed by atoms with E-state index in [-0.39, 0.29) is 0 Å². The van der Waals surface area contributed by atoms with Crippen LogP contribution in [0.1, 0.15) is 31.2 Å². The van der Waals surface area contributed by atoms with Crippen LogP contribution in [0.15, 0.2) is 53.6 Å². The Balaban J connectivity index is 1.12. The van der Waals surface area contributed by atoms with Crippen LogP contribution in [0.3, 0.4) is 0 Å². The number of aryl methyl sites for hydroxylation is 1. The van der Waals surface area contributed by atoms with Gasteiger partial charge in [0.15, 0.2) is 0 Å². The van der Waals surface area contributed by atoms with Gasteiger partial charge in [0, 0.05) is 40.1 Å². The summed E-state index contributed by atoms with van der Waals surface area (Å²) >= 11 is 7.81. The van der Waals surface area contributed by atoms with Crippen LogP contribution >= 0.6 is 23.5 Å². The number of aromatic nitrogens is 1. The molecule has 0 unspecified atom stereocenters. The minimum Gasteiger partial charge on any atom is -0.494 e. The lowest BCUT2D eigenvalue weighted by atomic mass is 10.1. The zero-order valence-corrected chi connectivity index (χ0v) is 18.9. The maximum Gasteiger partial charge on any atom is 0.119 e. The van der Waals surface area contributed by atoms with Crippen molar-refractivity contribution in [2.45, 2.75) is 37.0 Å². The maximum atomic E-state index is 6.13. The summed E-state index contributed by atoms with van der Waals surface area (Å²) in [7, 11) is 0. The van der Waals surface area contributed by atoms with Crippen molar-refractivity contribution in [3.05, 3.63) is 59.2 Å². The Morgan fingerprint density at radius 3 is 2.73 bits per heavy atom. The van der Waals surface area contributed by atoms with E-state index in [1.807, 2.05) is 18.2 Å². The van der Waals surface area contributed by atoms with Gasteiger partial charge in [0.05, 0.1) is 6.61 Å². The fourth-order valence-corrected chi connectivity index (χ4v) is 4.79. The highest BCUT2D eigenvalue weighted by atomic mass is 35.5. The monoisotopic (exact) mass is 443 g/mol. The molecule has 0 spiro atoms. The van der Waals surface area contributed by atoms with E-state index in [1.54, 1.807) is 11.9 Å². The number of nitrogens with one attached hydrogen (secondary N) is 2. The highest BCUT2D eigenvalue weighted by Gasteiger charge is 2.10. The van der Waals surface area contributed by atoms with Gasteiger partial charge in [-0.3, -0.25) is 4.72 Å². The summed E-state index contributed by atoms with van der Waals surface area (Å²) in [4.78, 5) is 7.06. The van der Waals surface area contributed by atoms with E-state index in [1.165, 1.54) is 41.8 Å². The molecule has 4 rings (SSSR count). The van der Waals surface area contributed by atoms with Gasteiger partial charge in [-0.2, -0.15) is 0 Å². The third-order valence-electron chi connectivity index (χ3n) is 5.55. The molecule has 1 aliphatic heterocycles. The number of hydrogen-bond acceptors (Lipinski definition) is 4. The smallest absolute Gasteiger partial charge is 0.119 e. The molecule has 1 saturated heterocycles. The van der Waals surface area contributed by atoms with Gasteiger partial charge < -0.3 is 14.6 Å². The number of ether oxygens (including phenoxy) is 1. The summed E-state index contributed by atoms with van der Waals surface area (Å²) < 4.78 is 9.34. The van der Waals surface area contributed by atoms with E-state index in [2.05, 4.69) is 45.1 Å². The molecule has 0 saturated carbocycles. The van der Waals surface area contributed by atoms with Crippen LogP contribution in [0.2, 0.25) is 5.02 Å². The van der Waals surface area contributed by atoms with E-state index < -0.39 is 0 Å². The molecular weight excluding hydrogens is 414 g/mol. The van der Waals surface area contributed by atoms with E-state index in [4.69, 9.17) is 16.3 Å². The molecule has 1 fully saturated rings. The minimum atomic E-state index is 0.788. The van der Waals surface area contributed by atoms with Gasteiger partial charge in [-0.05, 0) is 105 Å². The standard InChI is InChI=1S/C24H30ClN3OS/c25-20-6-11-24-23(17-20)19(18-26-24)5-3-12-27-30-22-9-7-21(8-10-22)29-16-4-15-28-13-1-2-14-28/h6-11,17-18,26-27H,1-5,12-16H2. The number of aromatic amines is 1. The summed E-state index contributed by atoms with van der Waals surface area (Å²) in [6.45, 7) is 5.42. The Hall–Kier alpha value is -1.66. The lowest BCUT2D eigenvalue weighted by molar-refractivity contribution is 0.263. The van der Waals surface area contributed by atoms with Gasteiger partial charge >= 0.3 is 0 Å². The van der Waals surface area contributed by atoms with Crippen LogP contribution in [0.5, 0.6) is 5.75 Å². The van der Waals surface area contributed by atoms with Crippen molar-refractivity contribution in [2.75, 3.05) is 32.8 Å². The summed E-state index contributed by atoms with van der Waals surface area (Å²) in [6.07, 6.45) is 8.00. The second-order valence-corrected chi connectivity index (χ2v) is 9.23. The van der Waals surface area contributed by atoms with Crippen molar-refractivity contribution in [1.29, 1.82) is 0 Å². The highest BCUT2D eigenvalue weighted by molar-refractivity contribution is 7.97. The molecule has 3 aromatic rings. The zero-order valence-electron chi connectivity index (χ0n) is 17.3. The van der Waals surface area contributed by atoms with Gasteiger partial charge in [-0.25, -0.2) is 0 Å². The first-order valence-electron chi connectivity index (χ1n) is 10.9. The van der Waals surface area contributed by atoms with Crippen molar-refractivity contribution in [1.82, 2.24) is 14.6 Å². The Kier molecular flexibility index (Phi) is 7.98. The maximum absolute atomic E-state index is 6.13. The Morgan fingerprint density at radius 1 is 1.07 bits per heavy atom. The summed E-state index contributed by atoms with van der Waals surface area (Å²) in [5.41, 5.74) is 2.47. The van der Waals surface area contributed by atoms with Crippen LogP contribution < -0.4 is 9.46 Å². The van der Waals surface area contributed by atoms with Crippen molar-refractivity contribution >= 4 is 34.5 Å². The van der Waals surface area contributed by atoms with Crippen LogP contribution in [0, 0.1) is 0 Å². The average Bonchev–Trinajstić information content (AvgIpc) is 3.42. The molecular formula is C24H30ClN3OS. The van der Waals surface area contributed by atoms with Crippen molar-refractivity contribution in [3.8, 4) is 5.75 Å². The van der Waals surface area contributed by atoms with E-state index in [0.29, 0.717) is 0 Å². The fourth-order valence-electron chi connectivity index (χ4n) is 3.93. The van der Waals surface area contributed by atoms with Crippen molar-refractivity contribution in [3.63, 3.8) is 0 Å². The number of rotatable bonds is 11. The normalized spacial score (nSPS) is 14.6. The summed E-state index contributed by atoms with van der Waals surface area (Å²) in [5, 5.41) is 2.02. The van der Waals surface area contributed by atoms with Crippen LogP contribution in [0.25, 0.3) is 10.9 Å². The lowest BCUT2D eigenvalue weighted by Crippen LogP contribution is -2.21. The SMILES string of the molecule is Clc1ccc2[nH]cc(CCCNSc3ccc(OCCCN4CCCC4)cc3)c2c1. The number of fused-ring (bicyclic) bond motifs is 1. The molecule has 2 N–H and O–H groups in total. The molecule has 0 amide bonds. The molecule has 0 atom stereocenters. The molecule has 0 bridgehead atoms. The number of benzene rings is 2. The number of nitrogens with zero attached hydrogens (tertiary/aromatic N) is 1. The van der Waals surface area contributed by atoms with E-state index >= 15 is 0 Å². The quantitative estimate of drug-likeness (QED) is 0.285. The average molecular weight is 444 g/mol. The summed E-state index contributed by atoms with van der Waals surface area (Å²) in [5.74, 6) is 0.957. The second-order valence-electron chi connectivity index (χ2n) is 7.83. The first-order valence-corrected chi connectivity index (χ1v) is 12.1. The molecule has 2 heterocycles. The molecule has 6 heteroatoms. The molecule has 4 nitrogen and oxygen atoms in total. The molecule has 1 aromatic heterocycles. The lowest BCUT2D eigenvalue weighted by Gasteiger charge is -2.14. The Bertz CT molecular complexity index is 922. The summed E-state index contributed by atoms with van der Waals surface area (Å²) in [6, 6.07) is 14.4. The van der Waals surface area contributed by atoms with Gasteiger partial charge in [-0.1, -0.05) is 11.6 Å². The predicted octanol–water partition coefficient (Wildman–Crippen LogP) is 5.92. The van der Waals surface area contributed by atoms with Gasteiger partial charge in [0.1, 0.15) is 5.75 Å². The van der Waals surface area contributed by atoms with Gasteiger partial charge in [0.2, 0.25) is 0 Å². The molecule has 2 aromatic carbocycles. The van der Waals surface area contributed by atoms with Gasteiger partial charge in [-0.15, -0.1) is 0 Å². The highest BCUT2D eigenvalue weighted by Crippen LogP contribution is 2.24. The first-order chi connectivity index (χ1) is 14.8. The van der Waals surface area contributed by atoms with Gasteiger partial charge in [0.25, 0.3) is 0 Å². The molecule has 1 aliphatic rings. The second kappa shape index (κ2) is 11.1. The third kappa shape index (κ3) is 6.17. The largest absolute Gasteiger partial charge is 0.494 e. The van der Waals surface area contributed by atoms with Crippen molar-refractivity contribution < 1.29 is 4.74 Å². The Morgan fingerprint density at radius 2 is 1.90 bits per heavy atom.